The molecule has 0 N–H and O–H groups in total. The Morgan fingerprint density at radius 3 is 2.35 bits per heavy atom. The highest BCUT2D eigenvalue weighted by Crippen LogP contribution is 2.55. The molecule has 1 saturated carbocycles. The second-order valence-corrected chi connectivity index (χ2v) is 8.58. The molecule has 0 amide bonds. The van der Waals surface area contributed by atoms with Crippen LogP contribution in [0, 0.1) is 29.6 Å². The Kier molecular flexibility index (Phi) is 7.14. The zero-order valence-electron chi connectivity index (χ0n) is 13.1. The third-order valence-corrected chi connectivity index (χ3v) is 7.36. The zero-order chi connectivity index (χ0) is 14.4. The summed E-state index contributed by atoms with van der Waals surface area (Å²) in [5.74, 6) is 10.4. The Morgan fingerprint density at radius 1 is 1.15 bits per heavy atom. The summed E-state index contributed by atoms with van der Waals surface area (Å²) < 4.78 is 6.34. The SMILES string of the molecule is CCCSSC(CC)OC(C)C1C2CCC#CCCC21. The van der Waals surface area contributed by atoms with Crippen molar-refractivity contribution >= 4 is 21.6 Å². The highest BCUT2D eigenvalue weighted by atomic mass is 33.1. The van der Waals surface area contributed by atoms with E-state index < -0.39 is 0 Å². The highest BCUT2D eigenvalue weighted by Gasteiger charge is 2.52. The van der Waals surface area contributed by atoms with E-state index in [4.69, 9.17) is 4.74 Å². The molecule has 2 aliphatic rings. The molecule has 0 aromatic carbocycles. The van der Waals surface area contributed by atoms with Gasteiger partial charge >= 0.3 is 0 Å². The molecule has 0 aromatic rings. The van der Waals surface area contributed by atoms with Crippen LogP contribution < -0.4 is 0 Å². The largest absolute Gasteiger partial charge is 0.364 e. The van der Waals surface area contributed by atoms with Crippen LogP contribution in [0.4, 0.5) is 0 Å². The predicted octanol–water partition coefficient (Wildman–Crippen LogP) is 5.36. The summed E-state index contributed by atoms with van der Waals surface area (Å²) in [7, 11) is 3.89. The van der Waals surface area contributed by atoms with E-state index in [1.807, 2.05) is 21.6 Å². The Hall–Kier alpha value is 0.220. The Morgan fingerprint density at radius 2 is 1.80 bits per heavy atom. The monoisotopic (exact) mass is 312 g/mol. The lowest BCUT2D eigenvalue weighted by Gasteiger charge is -2.21. The molecule has 20 heavy (non-hydrogen) atoms. The number of fused-ring (bicyclic) bond motifs is 1. The van der Waals surface area contributed by atoms with Crippen molar-refractivity contribution in [2.75, 3.05) is 5.75 Å². The minimum atomic E-state index is 0.366. The molecule has 4 atom stereocenters. The number of hydrogen-bond donors (Lipinski definition) is 0. The first-order valence-corrected chi connectivity index (χ1v) is 10.6. The molecular formula is C17H28OS2. The van der Waals surface area contributed by atoms with Crippen LogP contribution in [0.1, 0.15) is 59.3 Å². The summed E-state index contributed by atoms with van der Waals surface area (Å²) in [6, 6.07) is 0. The van der Waals surface area contributed by atoms with Crippen molar-refractivity contribution in [3.8, 4) is 11.8 Å². The Balaban J connectivity index is 1.75. The lowest BCUT2D eigenvalue weighted by atomic mass is 10.1. The Labute approximate surface area is 132 Å². The standard InChI is InChI=1S/C17H28OS2/c1-4-12-19-20-16(5-2)18-13(3)17-14-10-8-6-7-9-11-15(14)17/h13-17H,4-5,8-12H2,1-3H3. The second-order valence-electron chi connectivity index (χ2n) is 5.93. The quantitative estimate of drug-likeness (QED) is 0.258. The van der Waals surface area contributed by atoms with E-state index in [2.05, 4.69) is 32.6 Å². The minimum Gasteiger partial charge on any atom is -0.364 e. The number of rotatable bonds is 8. The van der Waals surface area contributed by atoms with Crippen molar-refractivity contribution in [1.82, 2.24) is 0 Å². The first-order valence-electron chi connectivity index (χ1n) is 8.17. The lowest BCUT2D eigenvalue weighted by molar-refractivity contribution is 0.0263. The van der Waals surface area contributed by atoms with Crippen LogP contribution in [0.2, 0.25) is 0 Å². The van der Waals surface area contributed by atoms with Gasteiger partial charge in [-0.3, -0.25) is 0 Å². The van der Waals surface area contributed by atoms with E-state index >= 15 is 0 Å². The van der Waals surface area contributed by atoms with Gasteiger partial charge in [0.2, 0.25) is 0 Å². The van der Waals surface area contributed by atoms with Crippen LogP contribution in [0.15, 0.2) is 0 Å². The van der Waals surface area contributed by atoms with Gasteiger partial charge in [0.15, 0.2) is 0 Å². The summed E-state index contributed by atoms with van der Waals surface area (Å²) >= 11 is 0. The smallest absolute Gasteiger partial charge is 0.113 e. The van der Waals surface area contributed by atoms with E-state index in [1.54, 1.807) is 0 Å². The molecule has 114 valence electrons. The number of hydrogen-bond acceptors (Lipinski definition) is 3. The molecule has 1 nitrogen and oxygen atoms in total. The molecule has 2 aliphatic carbocycles. The van der Waals surface area contributed by atoms with Crippen molar-refractivity contribution in [3.63, 3.8) is 0 Å². The van der Waals surface area contributed by atoms with E-state index in [1.165, 1.54) is 25.0 Å². The first kappa shape index (κ1) is 16.6. The fourth-order valence-corrected chi connectivity index (χ4v) is 5.92. The van der Waals surface area contributed by atoms with E-state index in [0.29, 0.717) is 11.5 Å². The predicted molar refractivity (Wildman–Crippen MR) is 91.7 cm³/mol. The van der Waals surface area contributed by atoms with Gasteiger partial charge in [0, 0.05) is 18.6 Å². The van der Waals surface area contributed by atoms with Crippen LogP contribution in [0.3, 0.4) is 0 Å². The lowest BCUT2D eigenvalue weighted by Crippen LogP contribution is -2.19. The van der Waals surface area contributed by atoms with Crippen LogP contribution in [0.5, 0.6) is 0 Å². The summed E-state index contributed by atoms with van der Waals surface area (Å²) in [6.07, 6.45) is 7.57. The van der Waals surface area contributed by atoms with Crippen LogP contribution in [-0.4, -0.2) is 17.3 Å². The van der Waals surface area contributed by atoms with Crippen molar-refractivity contribution in [3.05, 3.63) is 0 Å². The van der Waals surface area contributed by atoms with Crippen molar-refractivity contribution in [2.45, 2.75) is 70.8 Å². The van der Waals surface area contributed by atoms with Gasteiger partial charge in [-0.2, -0.15) is 0 Å². The van der Waals surface area contributed by atoms with Crippen molar-refractivity contribution in [2.24, 2.45) is 17.8 Å². The fourth-order valence-electron chi connectivity index (χ4n) is 3.36. The van der Waals surface area contributed by atoms with Crippen molar-refractivity contribution < 1.29 is 4.74 Å². The van der Waals surface area contributed by atoms with Gasteiger partial charge < -0.3 is 4.74 Å². The zero-order valence-corrected chi connectivity index (χ0v) is 14.7. The van der Waals surface area contributed by atoms with Gasteiger partial charge in [-0.25, -0.2) is 0 Å². The molecule has 0 spiro atoms. The van der Waals surface area contributed by atoms with E-state index in [9.17, 15) is 0 Å². The maximum atomic E-state index is 6.34. The summed E-state index contributed by atoms with van der Waals surface area (Å²) in [5, 5.41) is 0. The van der Waals surface area contributed by atoms with Gasteiger partial charge in [-0.05, 0) is 50.4 Å². The second kappa shape index (κ2) is 8.61. The average molecular weight is 313 g/mol. The van der Waals surface area contributed by atoms with Gasteiger partial charge in [0.25, 0.3) is 0 Å². The highest BCUT2D eigenvalue weighted by molar-refractivity contribution is 8.76. The van der Waals surface area contributed by atoms with E-state index in [0.717, 1.165) is 37.0 Å². The molecule has 1 fully saturated rings. The molecule has 3 heteroatoms. The molecule has 4 unspecified atom stereocenters. The van der Waals surface area contributed by atoms with Gasteiger partial charge in [0.05, 0.1) is 6.10 Å². The fraction of sp³-hybridized carbons (Fsp3) is 0.882. The molecule has 0 aliphatic heterocycles. The average Bonchev–Trinajstić information content (AvgIpc) is 3.09. The Bertz CT molecular complexity index is 329. The minimum absolute atomic E-state index is 0.366. The molecule has 0 aromatic heterocycles. The molecule has 2 rings (SSSR count). The first-order chi connectivity index (χ1) is 9.77. The molecule has 0 radical (unpaired) electrons. The third-order valence-electron chi connectivity index (χ3n) is 4.43. The topological polar surface area (TPSA) is 9.23 Å². The van der Waals surface area contributed by atoms with Crippen LogP contribution >= 0.6 is 21.6 Å². The van der Waals surface area contributed by atoms with Gasteiger partial charge in [0.1, 0.15) is 5.44 Å². The molecular weight excluding hydrogens is 284 g/mol. The molecule has 0 heterocycles. The summed E-state index contributed by atoms with van der Waals surface area (Å²) in [6.45, 7) is 6.77. The maximum absolute atomic E-state index is 6.34. The van der Waals surface area contributed by atoms with Gasteiger partial charge in [-0.15, -0.1) is 11.8 Å². The van der Waals surface area contributed by atoms with Crippen LogP contribution in [-0.2, 0) is 4.74 Å². The molecule has 0 bridgehead atoms. The third kappa shape index (κ3) is 4.61. The summed E-state index contributed by atoms with van der Waals surface area (Å²) in [5.41, 5.74) is 0.366. The summed E-state index contributed by atoms with van der Waals surface area (Å²) in [4.78, 5) is 0. The number of ether oxygens (including phenoxy) is 1. The van der Waals surface area contributed by atoms with Crippen LogP contribution in [0.25, 0.3) is 0 Å². The molecule has 0 saturated heterocycles. The van der Waals surface area contributed by atoms with E-state index in [-0.39, 0.29) is 0 Å². The van der Waals surface area contributed by atoms with Crippen molar-refractivity contribution in [1.29, 1.82) is 0 Å². The normalized spacial score (nSPS) is 31.2. The van der Waals surface area contributed by atoms with Gasteiger partial charge in [-0.1, -0.05) is 35.4 Å². The maximum Gasteiger partial charge on any atom is 0.113 e.